The van der Waals surface area contributed by atoms with Crippen LogP contribution in [-0.4, -0.2) is 96.1 Å². The number of nitrogens with zero attached hydrogens (tertiary/aromatic N) is 4. The van der Waals surface area contributed by atoms with Gasteiger partial charge in [-0.2, -0.15) is 5.26 Å². The monoisotopic (exact) mass is 864 g/mol. The summed E-state index contributed by atoms with van der Waals surface area (Å²) < 4.78 is 16.4. The Labute approximate surface area is 380 Å². The summed E-state index contributed by atoms with van der Waals surface area (Å²) in [4.78, 5) is 31.8. The Kier molecular flexibility index (Phi) is 21.7. The molecular weight excluding hydrogens is 787 g/mol. The largest absolute Gasteiger partial charge is 0.379 e. The molecule has 0 saturated heterocycles. The SMILES string of the molecule is CCCC1CC(/C=C/C=C/C=C/C=C2\N(CCCCCC(=O)N(C)CC(=O)NCCCOCCOCCOCCCC#N)c3ccccc3C2(C)C)C(C)(C)c2ccccc2N1C. The highest BCUT2D eigenvalue weighted by Crippen LogP contribution is 2.48. The van der Waals surface area contributed by atoms with Gasteiger partial charge in [0.25, 0.3) is 0 Å². The predicted octanol–water partition coefficient (Wildman–Crippen LogP) is 9.82. The van der Waals surface area contributed by atoms with Crippen LogP contribution in [0.4, 0.5) is 11.4 Å². The molecule has 2 unspecified atom stereocenters. The third-order valence-electron chi connectivity index (χ3n) is 12.6. The number of hydrogen-bond acceptors (Lipinski definition) is 8. The predicted molar refractivity (Wildman–Crippen MR) is 258 cm³/mol. The summed E-state index contributed by atoms with van der Waals surface area (Å²) in [5.41, 5.74) is 6.55. The van der Waals surface area contributed by atoms with Crippen molar-refractivity contribution in [2.75, 3.05) is 83.2 Å². The molecule has 2 aliphatic rings. The number of carbonyl (C=O) groups is 2. The quantitative estimate of drug-likeness (QED) is 0.0699. The van der Waals surface area contributed by atoms with E-state index in [0.29, 0.717) is 77.4 Å². The van der Waals surface area contributed by atoms with Crippen molar-refractivity contribution in [1.29, 1.82) is 5.26 Å². The van der Waals surface area contributed by atoms with Crippen LogP contribution in [0.15, 0.2) is 96.8 Å². The van der Waals surface area contributed by atoms with Crippen LogP contribution in [-0.2, 0) is 34.6 Å². The smallest absolute Gasteiger partial charge is 0.239 e. The summed E-state index contributed by atoms with van der Waals surface area (Å²) in [6, 6.07) is 20.3. The molecule has 10 nitrogen and oxygen atoms in total. The minimum absolute atomic E-state index is 0.0149. The lowest BCUT2D eigenvalue weighted by Crippen LogP contribution is -2.38. The molecule has 0 saturated carbocycles. The molecule has 0 aliphatic carbocycles. The topological polar surface area (TPSA) is 107 Å². The third-order valence-corrected chi connectivity index (χ3v) is 12.6. The summed E-state index contributed by atoms with van der Waals surface area (Å²) in [5.74, 6) is 0.246. The Hall–Kier alpha value is -4.69. The second kappa shape index (κ2) is 26.8. The second-order valence-corrected chi connectivity index (χ2v) is 18.0. The summed E-state index contributed by atoms with van der Waals surface area (Å²) in [5, 5.41) is 11.4. The number of likely N-dealkylation sites (N-methyl/N-ethyl adjacent to an activating group) is 1. The van der Waals surface area contributed by atoms with E-state index >= 15 is 0 Å². The average Bonchev–Trinajstić information content (AvgIpc) is 3.44. The van der Waals surface area contributed by atoms with Gasteiger partial charge in [0.05, 0.1) is 39.0 Å². The first-order valence-electron chi connectivity index (χ1n) is 23.5. The molecule has 2 aliphatic heterocycles. The van der Waals surface area contributed by atoms with Gasteiger partial charge in [-0.05, 0) is 79.2 Å². The molecule has 0 fully saturated rings. The maximum Gasteiger partial charge on any atom is 0.239 e. The van der Waals surface area contributed by atoms with E-state index in [-0.39, 0.29) is 29.2 Å². The number of anilines is 2. The molecule has 0 spiro atoms. The minimum Gasteiger partial charge on any atom is -0.379 e. The summed E-state index contributed by atoms with van der Waals surface area (Å²) in [6.07, 6.45) is 24.0. The number of rotatable bonds is 27. The lowest BCUT2D eigenvalue weighted by Gasteiger charge is -2.32. The molecule has 0 aromatic heterocycles. The zero-order chi connectivity index (χ0) is 45.5. The number of nitriles is 1. The maximum atomic E-state index is 12.9. The van der Waals surface area contributed by atoms with Gasteiger partial charge in [0.15, 0.2) is 0 Å². The van der Waals surface area contributed by atoms with Crippen molar-refractivity contribution in [3.8, 4) is 6.07 Å². The van der Waals surface area contributed by atoms with E-state index in [2.05, 4.69) is 154 Å². The molecule has 2 aromatic carbocycles. The van der Waals surface area contributed by atoms with Crippen molar-refractivity contribution in [2.45, 2.75) is 116 Å². The first-order valence-corrected chi connectivity index (χ1v) is 23.5. The van der Waals surface area contributed by atoms with Gasteiger partial charge in [0, 0.05) is 81.8 Å². The van der Waals surface area contributed by atoms with Crippen LogP contribution in [0.5, 0.6) is 0 Å². The number of ether oxygens (including phenoxy) is 3. The molecule has 10 heteroatoms. The lowest BCUT2D eigenvalue weighted by atomic mass is 9.71. The number of hydrogen-bond donors (Lipinski definition) is 1. The fourth-order valence-electron chi connectivity index (χ4n) is 8.82. The van der Waals surface area contributed by atoms with Gasteiger partial charge < -0.3 is 34.2 Å². The molecule has 2 amide bonds. The summed E-state index contributed by atoms with van der Waals surface area (Å²) >= 11 is 0. The van der Waals surface area contributed by atoms with Crippen molar-refractivity contribution < 1.29 is 23.8 Å². The van der Waals surface area contributed by atoms with Gasteiger partial charge in [0.2, 0.25) is 11.8 Å². The minimum atomic E-state index is -0.168. The van der Waals surface area contributed by atoms with E-state index in [1.807, 2.05) is 0 Å². The Morgan fingerprint density at radius 1 is 0.825 bits per heavy atom. The first-order chi connectivity index (χ1) is 30.4. The molecular formula is C53H77N5O5. The van der Waals surface area contributed by atoms with E-state index in [9.17, 15) is 9.59 Å². The van der Waals surface area contributed by atoms with E-state index < -0.39 is 0 Å². The molecule has 63 heavy (non-hydrogen) atoms. The van der Waals surface area contributed by atoms with Gasteiger partial charge in [-0.1, -0.05) is 120 Å². The zero-order valence-electron chi connectivity index (χ0n) is 39.6. The Morgan fingerprint density at radius 2 is 1.46 bits per heavy atom. The number of benzene rings is 2. The van der Waals surface area contributed by atoms with Crippen molar-refractivity contribution in [2.24, 2.45) is 5.92 Å². The normalized spacial score (nSPS) is 18.5. The molecule has 4 rings (SSSR count). The molecule has 2 atom stereocenters. The first kappa shape index (κ1) is 50.9. The van der Waals surface area contributed by atoms with Crippen LogP contribution >= 0.6 is 0 Å². The number of allylic oxidation sites excluding steroid dienone is 8. The van der Waals surface area contributed by atoms with Gasteiger partial charge in [-0.3, -0.25) is 9.59 Å². The summed E-state index contributed by atoms with van der Waals surface area (Å²) in [7, 11) is 3.96. The Morgan fingerprint density at radius 3 is 2.17 bits per heavy atom. The lowest BCUT2D eigenvalue weighted by molar-refractivity contribution is -0.134. The molecule has 344 valence electrons. The number of fused-ring (bicyclic) bond motifs is 2. The molecule has 1 N–H and O–H groups in total. The second-order valence-electron chi connectivity index (χ2n) is 18.0. The molecule has 0 bridgehead atoms. The van der Waals surface area contributed by atoms with Crippen LogP contribution < -0.4 is 15.1 Å². The fourth-order valence-corrected chi connectivity index (χ4v) is 8.82. The van der Waals surface area contributed by atoms with Crippen molar-refractivity contribution >= 4 is 23.2 Å². The number of carbonyl (C=O) groups excluding carboxylic acids is 2. The van der Waals surface area contributed by atoms with Crippen molar-refractivity contribution in [3.05, 3.63) is 108 Å². The maximum absolute atomic E-state index is 12.9. The van der Waals surface area contributed by atoms with E-state index in [1.54, 1.807) is 7.05 Å². The number of amides is 2. The van der Waals surface area contributed by atoms with E-state index in [1.165, 1.54) is 45.9 Å². The van der Waals surface area contributed by atoms with Crippen molar-refractivity contribution in [3.63, 3.8) is 0 Å². The highest BCUT2D eigenvalue weighted by atomic mass is 16.5. The molecule has 0 radical (unpaired) electrons. The Bertz CT molecular complexity index is 1880. The fraction of sp³-hybridized carbons (Fsp3) is 0.566. The van der Waals surface area contributed by atoms with Gasteiger partial charge in [0.1, 0.15) is 0 Å². The van der Waals surface area contributed by atoms with Crippen LogP contribution in [0.25, 0.3) is 0 Å². The summed E-state index contributed by atoms with van der Waals surface area (Å²) in [6.45, 7) is 16.1. The van der Waals surface area contributed by atoms with E-state index in [4.69, 9.17) is 19.5 Å². The van der Waals surface area contributed by atoms with Crippen LogP contribution in [0, 0.1) is 17.2 Å². The van der Waals surface area contributed by atoms with Crippen LogP contribution in [0.3, 0.4) is 0 Å². The zero-order valence-corrected chi connectivity index (χ0v) is 39.6. The van der Waals surface area contributed by atoms with Crippen LogP contribution in [0.1, 0.15) is 110 Å². The highest BCUT2D eigenvalue weighted by molar-refractivity contribution is 5.84. The van der Waals surface area contributed by atoms with E-state index in [0.717, 1.165) is 38.6 Å². The van der Waals surface area contributed by atoms with Crippen molar-refractivity contribution in [1.82, 2.24) is 10.2 Å². The number of unbranched alkanes of at least 4 members (excludes halogenated alkanes) is 3. The van der Waals surface area contributed by atoms with Gasteiger partial charge >= 0.3 is 0 Å². The highest BCUT2D eigenvalue weighted by Gasteiger charge is 2.40. The molecule has 2 heterocycles. The number of nitrogens with one attached hydrogen (secondary N) is 1. The molecule has 2 aromatic rings. The van der Waals surface area contributed by atoms with Crippen LogP contribution in [0.2, 0.25) is 0 Å². The van der Waals surface area contributed by atoms with Gasteiger partial charge in [-0.15, -0.1) is 0 Å². The van der Waals surface area contributed by atoms with Gasteiger partial charge in [-0.25, -0.2) is 0 Å². The standard InChI is InChI=1S/C53H77N5O5/c1-8-24-44-41-43(52(2,3)45-26-16-18-28-47(45)57(44)7)25-13-10-9-11-14-30-49-53(4,5)46-27-17-19-29-48(46)58(49)34-21-12-15-31-51(60)56(6)42-50(59)55-33-23-36-62-38-40-63-39-37-61-35-22-20-32-54/h9-11,13-14,16-19,25-30,43-44H,8,12,15,20-24,31,33-42H2,1-7H3,(H,55,59)/b10-9+,14-11+,25-13+,49-30-. The number of para-hydroxylation sites is 2. The average molecular weight is 864 g/mol. The third kappa shape index (κ3) is 15.5. The Balaban J connectivity index is 1.18.